The lowest BCUT2D eigenvalue weighted by atomic mass is 9.86. The molecule has 1 saturated carbocycles. The van der Waals surface area contributed by atoms with Gasteiger partial charge in [0.05, 0.1) is 18.7 Å². The maximum absolute atomic E-state index is 6.57. The number of hydrogen-bond donors (Lipinski definition) is 1. The number of aryl methyl sites for hydroxylation is 1. The van der Waals surface area contributed by atoms with E-state index in [1.165, 1.54) is 12.8 Å². The molecule has 0 heterocycles. The molecule has 0 unspecified atom stereocenters. The predicted octanol–water partition coefficient (Wildman–Crippen LogP) is 3.50. The lowest BCUT2D eigenvalue weighted by molar-refractivity contribution is 0.349. The van der Waals surface area contributed by atoms with Crippen molar-refractivity contribution in [2.45, 2.75) is 38.1 Å². The summed E-state index contributed by atoms with van der Waals surface area (Å²) in [5.74, 6) is 1.47. The van der Waals surface area contributed by atoms with Crippen molar-refractivity contribution in [1.29, 1.82) is 0 Å². The summed E-state index contributed by atoms with van der Waals surface area (Å²) in [5, 5.41) is 0. The first-order valence-electron chi connectivity index (χ1n) is 6.24. The van der Waals surface area contributed by atoms with Crippen molar-refractivity contribution in [3.8, 4) is 11.5 Å². The Balaban J connectivity index is 2.60. The van der Waals surface area contributed by atoms with Gasteiger partial charge in [-0.15, -0.1) is 0 Å². The zero-order chi connectivity index (χ0) is 13.3. The molecule has 4 heteroatoms. The van der Waals surface area contributed by atoms with Gasteiger partial charge in [-0.3, -0.25) is 0 Å². The summed E-state index contributed by atoms with van der Waals surface area (Å²) in [4.78, 5) is 0. The minimum absolute atomic E-state index is 0.234. The highest BCUT2D eigenvalue weighted by Gasteiger charge is 2.35. The molecule has 1 aliphatic carbocycles. The normalized spacial score (nSPS) is 17.8. The van der Waals surface area contributed by atoms with Crippen LogP contribution in [-0.2, 0) is 5.54 Å². The predicted molar refractivity (Wildman–Crippen MR) is 76.3 cm³/mol. The van der Waals surface area contributed by atoms with Crippen molar-refractivity contribution in [2.75, 3.05) is 14.2 Å². The SMILES string of the molecule is COc1cc(C)c(C2(N)CCCC2)c(Br)c1OC. The van der Waals surface area contributed by atoms with E-state index in [-0.39, 0.29) is 5.54 Å². The fraction of sp³-hybridized carbons (Fsp3) is 0.571. The van der Waals surface area contributed by atoms with Crippen LogP contribution in [0, 0.1) is 6.92 Å². The molecular formula is C14H20BrNO2. The molecule has 1 fully saturated rings. The standard InChI is InChI=1S/C14H20BrNO2/c1-9-8-10(17-2)13(18-3)12(15)11(9)14(16)6-4-5-7-14/h8H,4-7,16H2,1-3H3. The van der Waals surface area contributed by atoms with Crippen molar-refractivity contribution in [3.63, 3.8) is 0 Å². The zero-order valence-electron chi connectivity index (χ0n) is 11.2. The van der Waals surface area contributed by atoms with Gasteiger partial charge in [0.2, 0.25) is 0 Å². The number of benzene rings is 1. The van der Waals surface area contributed by atoms with Gasteiger partial charge in [0.1, 0.15) is 0 Å². The quantitative estimate of drug-likeness (QED) is 0.928. The van der Waals surface area contributed by atoms with Gasteiger partial charge < -0.3 is 15.2 Å². The molecule has 1 aromatic rings. The van der Waals surface area contributed by atoms with Crippen LogP contribution in [0.15, 0.2) is 10.5 Å². The average molecular weight is 314 g/mol. The Labute approximate surface area is 117 Å². The second kappa shape index (κ2) is 5.10. The summed E-state index contributed by atoms with van der Waals surface area (Å²) in [6.07, 6.45) is 4.44. The fourth-order valence-corrected chi connectivity index (χ4v) is 4.00. The number of halogens is 1. The molecule has 0 aromatic heterocycles. The van der Waals surface area contributed by atoms with Gasteiger partial charge in [-0.2, -0.15) is 0 Å². The van der Waals surface area contributed by atoms with E-state index >= 15 is 0 Å². The fourth-order valence-electron chi connectivity index (χ4n) is 2.94. The van der Waals surface area contributed by atoms with Crippen molar-refractivity contribution < 1.29 is 9.47 Å². The van der Waals surface area contributed by atoms with Crippen LogP contribution >= 0.6 is 15.9 Å². The molecule has 0 bridgehead atoms. The van der Waals surface area contributed by atoms with Crippen LogP contribution in [-0.4, -0.2) is 14.2 Å². The van der Waals surface area contributed by atoms with E-state index < -0.39 is 0 Å². The van der Waals surface area contributed by atoms with Crippen LogP contribution in [0.25, 0.3) is 0 Å². The highest BCUT2D eigenvalue weighted by atomic mass is 79.9. The number of rotatable bonds is 3. The zero-order valence-corrected chi connectivity index (χ0v) is 12.8. The molecule has 18 heavy (non-hydrogen) atoms. The monoisotopic (exact) mass is 313 g/mol. The van der Waals surface area contributed by atoms with E-state index in [2.05, 4.69) is 22.9 Å². The maximum Gasteiger partial charge on any atom is 0.175 e. The van der Waals surface area contributed by atoms with E-state index in [0.717, 1.165) is 39.9 Å². The summed E-state index contributed by atoms with van der Waals surface area (Å²) >= 11 is 3.64. The molecule has 1 aromatic carbocycles. The van der Waals surface area contributed by atoms with Crippen LogP contribution in [0.1, 0.15) is 36.8 Å². The van der Waals surface area contributed by atoms with Gasteiger partial charge in [-0.1, -0.05) is 12.8 Å². The first kappa shape index (κ1) is 13.7. The molecule has 0 aliphatic heterocycles. The summed E-state index contributed by atoms with van der Waals surface area (Å²) in [6, 6.07) is 2.01. The Bertz CT molecular complexity index is 454. The molecular weight excluding hydrogens is 294 g/mol. The topological polar surface area (TPSA) is 44.5 Å². The smallest absolute Gasteiger partial charge is 0.175 e. The molecule has 100 valence electrons. The summed E-state index contributed by atoms with van der Waals surface area (Å²) in [5.41, 5.74) is 8.66. The van der Waals surface area contributed by atoms with Crippen LogP contribution in [0.3, 0.4) is 0 Å². The highest BCUT2D eigenvalue weighted by Crippen LogP contribution is 2.47. The minimum atomic E-state index is -0.234. The molecule has 2 N–H and O–H groups in total. The van der Waals surface area contributed by atoms with E-state index in [9.17, 15) is 0 Å². The van der Waals surface area contributed by atoms with E-state index in [0.29, 0.717) is 0 Å². The number of hydrogen-bond acceptors (Lipinski definition) is 3. The van der Waals surface area contributed by atoms with Crippen LogP contribution in [0.4, 0.5) is 0 Å². The van der Waals surface area contributed by atoms with E-state index in [1.807, 2.05) is 6.07 Å². The lowest BCUT2D eigenvalue weighted by Crippen LogP contribution is -2.34. The summed E-state index contributed by atoms with van der Waals surface area (Å²) in [7, 11) is 3.30. The molecule has 0 atom stereocenters. The van der Waals surface area contributed by atoms with Crippen LogP contribution in [0.2, 0.25) is 0 Å². The van der Waals surface area contributed by atoms with E-state index in [1.54, 1.807) is 14.2 Å². The van der Waals surface area contributed by atoms with E-state index in [4.69, 9.17) is 15.2 Å². The van der Waals surface area contributed by atoms with Gasteiger partial charge >= 0.3 is 0 Å². The maximum atomic E-state index is 6.57. The molecule has 0 spiro atoms. The minimum Gasteiger partial charge on any atom is -0.493 e. The van der Waals surface area contributed by atoms with Gasteiger partial charge in [0.15, 0.2) is 11.5 Å². The third-order valence-corrected chi connectivity index (χ3v) is 4.56. The van der Waals surface area contributed by atoms with Crippen molar-refractivity contribution in [2.24, 2.45) is 5.73 Å². The Morgan fingerprint density at radius 2 is 1.83 bits per heavy atom. The van der Waals surface area contributed by atoms with Crippen molar-refractivity contribution >= 4 is 15.9 Å². The molecule has 0 radical (unpaired) electrons. The highest BCUT2D eigenvalue weighted by molar-refractivity contribution is 9.10. The van der Waals surface area contributed by atoms with Crippen molar-refractivity contribution in [3.05, 3.63) is 21.7 Å². The molecule has 3 nitrogen and oxygen atoms in total. The first-order chi connectivity index (χ1) is 8.53. The van der Waals surface area contributed by atoms with Crippen molar-refractivity contribution in [1.82, 2.24) is 0 Å². The Morgan fingerprint density at radius 1 is 1.22 bits per heavy atom. The molecule has 0 saturated heterocycles. The summed E-state index contributed by atoms with van der Waals surface area (Å²) < 4.78 is 11.7. The Kier molecular flexibility index (Phi) is 3.87. The largest absolute Gasteiger partial charge is 0.493 e. The lowest BCUT2D eigenvalue weighted by Gasteiger charge is -2.29. The molecule has 0 amide bonds. The number of nitrogens with two attached hydrogens (primary N) is 1. The number of methoxy groups -OCH3 is 2. The van der Waals surface area contributed by atoms with Crippen LogP contribution < -0.4 is 15.2 Å². The molecule has 1 aliphatic rings. The Hall–Kier alpha value is -0.740. The third kappa shape index (κ3) is 2.12. The van der Waals surface area contributed by atoms with Crippen LogP contribution in [0.5, 0.6) is 11.5 Å². The average Bonchev–Trinajstić information content (AvgIpc) is 2.76. The number of ether oxygens (including phenoxy) is 2. The van der Waals surface area contributed by atoms with Gasteiger partial charge in [0, 0.05) is 5.54 Å². The second-order valence-electron chi connectivity index (χ2n) is 4.98. The van der Waals surface area contributed by atoms with Gasteiger partial charge in [0.25, 0.3) is 0 Å². The first-order valence-corrected chi connectivity index (χ1v) is 7.03. The third-order valence-electron chi connectivity index (χ3n) is 3.80. The molecule has 2 rings (SSSR count). The summed E-state index contributed by atoms with van der Waals surface area (Å²) in [6.45, 7) is 2.08. The van der Waals surface area contributed by atoms with Gasteiger partial charge in [-0.05, 0) is 52.9 Å². The van der Waals surface area contributed by atoms with Gasteiger partial charge in [-0.25, -0.2) is 0 Å². The Morgan fingerprint density at radius 3 is 2.33 bits per heavy atom. The second-order valence-corrected chi connectivity index (χ2v) is 5.77.